The maximum atomic E-state index is 13.8. The molecular formula is C23H27F2N3O2S2. The summed E-state index contributed by atoms with van der Waals surface area (Å²) in [7, 11) is -3.83. The zero-order chi connectivity index (χ0) is 22.6. The van der Waals surface area contributed by atoms with Gasteiger partial charge in [-0.2, -0.15) is 0 Å². The van der Waals surface area contributed by atoms with E-state index in [1.54, 1.807) is 23.5 Å². The summed E-state index contributed by atoms with van der Waals surface area (Å²) >= 11 is 1.65. The first kappa shape index (κ1) is 23.1. The summed E-state index contributed by atoms with van der Waals surface area (Å²) in [4.78, 5) is 5.69. The molecule has 2 aromatic rings. The predicted molar refractivity (Wildman–Crippen MR) is 124 cm³/mol. The van der Waals surface area contributed by atoms with Crippen molar-refractivity contribution in [1.29, 1.82) is 0 Å². The highest BCUT2D eigenvalue weighted by molar-refractivity contribution is 7.89. The lowest BCUT2D eigenvalue weighted by molar-refractivity contribution is 0.506. The lowest BCUT2D eigenvalue weighted by atomic mass is 9.84. The highest BCUT2D eigenvalue weighted by atomic mass is 32.2. The van der Waals surface area contributed by atoms with E-state index >= 15 is 0 Å². The number of thiazole rings is 1. The molecular weight excluding hydrogens is 452 g/mol. The van der Waals surface area contributed by atoms with E-state index in [-0.39, 0.29) is 23.2 Å². The van der Waals surface area contributed by atoms with Gasteiger partial charge in [-0.3, -0.25) is 0 Å². The lowest BCUT2D eigenvalue weighted by Gasteiger charge is -2.21. The van der Waals surface area contributed by atoms with Crippen LogP contribution in [-0.4, -0.2) is 26.5 Å². The molecule has 1 heterocycles. The van der Waals surface area contributed by atoms with E-state index in [1.807, 2.05) is 6.08 Å². The Kier molecular flexibility index (Phi) is 7.37. The molecule has 0 saturated heterocycles. The Balaban J connectivity index is 1.21. The second-order valence-corrected chi connectivity index (χ2v) is 11.0. The van der Waals surface area contributed by atoms with Gasteiger partial charge in [-0.25, -0.2) is 26.9 Å². The van der Waals surface area contributed by atoms with Crippen LogP contribution in [0.25, 0.3) is 0 Å². The molecule has 32 heavy (non-hydrogen) atoms. The van der Waals surface area contributed by atoms with Gasteiger partial charge in [0, 0.05) is 23.9 Å². The Labute approximate surface area is 191 Å². The fourth-order valence-corrected chi connectivity index (χ4v) is 6.42. The van der Waals surface area contributed by atoms with E-state index in [0.717, 1.165) is 55.5 Å². The number of benzene rings is 1. The summed E-state index contributed by atoms with van der Waals surface area (Å²) in [6, 6.07) is 5.35. The molecule has 1 aromatic heterocycles. The van der Waals surface area contributed by atoms with Crippen molar-refractivity contribution in [1.82, 2.24) is 9.71 Å². The molecule has 2 unspecified atom stereocenters. The minimum atomic E-state index is -3.83. The maximum absolute atomic E-state index is 13.8. The third kappa shape index (κ3) is 5.44. The van der Waals surface area contributed by atoms with E-state index in [9.17, 15) is 17.2 Å². The van der Waals surface area contributed by atoms with Crippen LogP contribution in [0.4, 0.5) is 13.9 Å². The molecule has 1 aromatic carbocycles. The largest absolute Gasteiger partial charge is 0.362 e. The van der Waals surface area contributed by atoms with Gasteiger partial charge in [0.2, 0.25) is 10.0 Å². The molecule has 0 amide bonds. The number of allylic oxidation sites excluding steroid dienone is 4. The zero-order valence-electron chi connectivity index (χ0n) is 17.7. The third-order valence-electron chi connectivity index (χ3n) is 5.84. The number of aromatic nitrogens is 1. The molecule has 0 bridgehead atoms. The minimum Gasteiger partial charge on any atom is -0.362 e. The van der Waals surface area contributed by atoms with E-state index in [2.05, 4.69) is 10.0 Å². The van der Waals surface area contributed by atoms with Crippen molar-refractivity contribution < 1.29 is 17.2 Å². The van der Waals surface area contributed by atoms with Gasteiger partial charge in [0.25, 0.3) is 0 Å². The first-order chi connectivity index (χ1) is 15.4. The first-order valence-electron chi connectivity index (χ1n) is 11.0. The van der Waals surface area contributed by atoms with E-state index in [4.69, 9.17) is 4.98 Å². The van der Waals surface area contributed by atoms with Crippen LogP contribution in [0.3, 0.4) is 0 Å². The van der Waals surface area contributed by atoms with Gasteiger partial charge in [0.15, 0.2) is 5.13 Å². The molecule has 0 spiro atoms. The standard InChI is InChI=1S/C23H27F2N3O2S2/c24-17-12-11-16-7-6-9-20-22(18(16)15-17)28-23(31-20)26-13-4-1-5-14-27-32(29,30)21-10-3-2-8-19(21)25/h2-3,8,10-12,15-16,18,27H,1,4-7,9,13-14H2,(H,26,28). The van der Waals surface area contributed by atoms with Crippen LogP contribution >= 0.6 is 11.3 Å². The second-order valence-electron chi connectivity index (χ2n) is 8.14. The Morgan fingerprint density at radius 3 is 2.78 bits per heavy atom. The maximum Gasteiger partial charge on any atom is 0.243 e. The number of unbranched alkanes of at least 4 members (excludes halogenated alkanes) is 2. The minimum absolute atomic E-state index is 0.0202. The third-order valence-corrected chi connectivity index (χ3v) is 8.42. The SMILES string of the molecule is O=S(=O)(NCCCCCNc1nc2c(s1)CCCC1C=CC(F)=CC21)c1ccccc1F. The van der Waals surface area contributed by atoms with E-state index in [1.165, 1.54) is 23.1 Å². The Morgan fingerprint density at radius 2 is 1.94 bits per heavy atom. The number of hydrogen-bond acceptors (Lipinski definition) is 5. The number of nitrogens with zero attached hydrogens (tertiary/aromatic N) is 1. The van der Waals surface area contributed by atoms with Crippen molar-refractivity contribution in [2.45, 2.75) is 49.3 Å². The molecule has 4 rings (SSSR count). The molecule has 9 heteroatoms. The van der Waals surface area contributed by atoms with Crippen LogP contribution in [0.2, 0.25) is 0 Å². The van der Waals surface area contributed by atoms with Crippen LogP contribution in [0.5, 0.6) is 0 Å². The van der Waals surface area contributed by atoms with Crippen molar-refractivity contribution in [3.63, 3.8) is 0 Å². The topological polar surface area (TPSA) is 71.1 Å². The van der Waals surface area contributed by atoms with Gasteiger partial charge in [-0.1, -0.05) is 24.6 Å². The summed E-state index contributed by atoms with van der Waals surface area (Å²) in [6.45, 7) is 0.987. The monoisotopic (exact) mass is 479 g/mol. The molecule has 2 aliphatic carbocycles. The smallest absolute Gasteiger partial charge is 0.243 e. The molecule has 5 nitrogen and oxygen atoms in total. The molecule has 2 N–H and O–H groups in total. The number of anilines is 1. The first-order valence-corrected chi connectivity index (χ1v) is 13.3. The number of rotatable bonds is 9. The Morgan fingerprint density at radius 1 is 1.12 bits per heavy atom. The fraction of sp³-hybridized carbons (Fsp3) is 0.435. The van der Waals surface area contributed by atoms with Gasteiger partial charge in [-0.05, 0) is 62.3 Å². The number of nitrogens with one attached hydrogen (secondary N) is 2. The summed E-state index contributed by atoms with van der Waals surface area (Å²) in [5.74, 6) is -0.599. The van der Waals surface area contributed by atoms with Crippen molar-refractivity contribution in [3.8, 4) is 0 Å². The van der Waals surface area contributed by atoms with Crippen LogP contribution in [0.15, 0.2) is 53.2 Å². The van der Waals surface area contributed by atoms with Gasteiger partial charge < -0.3 is 5.32 Å². The van der Waals surface area contributed by atoms with Crippen LogP contribution in [0, 0.1) is 11.7 Å². The van der Waals surface area contributed by atoms with Gasteiger partial charge in [0.1, 0.15) is 16.5 Å². The van der Waals surface area contributed by atoms with Gasteiger partial charge in [-0.15, -0.1) is 11.3 Å². The molecule has 0 aliphatic heterocycles. The molecule has 172 valence electrons. The second kappa shape index (κ2) is 10.2. The number of hydrogen-bond donors (Lipinski definition) is 2. The summed E-state index contributed by atoms with van der Waals surface area (Å²) < 4.78 is 54.3. The number of sulfonamides is 1. The Bertz CT molecular complexity index is 1110. The van der Waals surface area contributed by atoms with Crippen LogP contribution in [-0.2, 0) is 16.4 Å². The molecule has 0 fully saturated rings. The molecule has 2 aliphatic rings. The van der Waals surface area contributed by atoms with Crippen molar-refractivity contribution in [3.05, 3.63) is 64.7 Å². The highest BCUT2D eigenvalue weighted by Crippen LogP contribution is 2.42. The number of fused-ring (bicyclic) bond motifs is 3. The molecule has 0 radical (unpaired) electrons. The Hall–Kier alpha value is -2.10. The molecule has 0 saturated carbocycles. The van der Waals surface area contributed by atoms with E-state index < -0.39 is 15.8 Å². The van der Waals surface area contributed by atoms with Gasteiger partial charge >= 0.3 is 0 Å². The summed E-state index contributed by atoms with van der Waals surface area (Å²) in [6.07, 6.45) is 10.7. The van der Waals surface area contributed by atoms with Gasteiger partial charge in [0.05, 0.1) is 5.69 Å². The van der Waals surface area contributed by atoms with Crippen molar-refractivity contribution in [2.24, 2.45) is 5.92 Å². The lowest BCUT2D eigenvalue weighted by Crippen LogP contribution is -2.25. The highest BCUT2D eigenvalue weighted by Gasteiger charge is 2.30. The fourth-order valence-electron chi connectivity index (χ4n) is 4.19. The van der Waals surface area contributed by atoms with Crippen LogP contribution in [0.1, 0.15) is 48.6 Å². The van der Waals surface area contributed by atoms with Crippen molar-refractivity contribution in [2.75, 3.05) is 18.4 Å². The van der Waals surface area contributed by atoms with E-state index in [0.29, 0.717) is 12.3 Å². The number of aryl methyl sites for hydroxylation is 1. The number of halogens is 2. The zero-order valence-corrected chi connectivity index (χ0v) is 19.3. The predicted octanol–water partition coefficient (Wildman–Crippen LogP) is 5.30. The summed E-state index contributed by atoms with van der Waals surface area (Å²) in [5.41, 5.74) is 1.00. The van der Waals surface area contributed by atoms with Crippen molar-refractivity contribution >= 4 is 26.5 Å². The molecule has 2 atom stereocenters. The summed E-state index contributed by atoms with van der Waals surface area (Å²) in [5, 5.41) is 4.22. The normalized spacial score (nSPS) is 20.2. The van der Waals surface area contributed by atoms with Crippen LogP contribution < -0.4 is 10.0 Å². The average Bonchev–Trinajstić information content (AvgIpc) is 3.09. The average molecular weight is 480 g/mol. The quantitative estimate of drug-likeness (QED) is 0.479.